The summed E-state index contributed by atoms with van der Waals surface area (Å²) >= 11 is 0. The molecule has 1 fully saturated rings. The van der Waals surface area contributed by atoms with Gasteiger partial charge in [-0.2, -0.15) is 0 Å². The predicted octanol–water partition coefficient (Wildman–Crippen LogP) is 4.98. The van der Waals surface area contributed by atoms with Crippen LogP contribution in [-0.4, -0.2) is 48.7 Å². The van der Waals surface area contributed by atoms with Crippen molar-refractivity contribution in [2.45, 2.75) is 50.2 Å². The van der Waals surface area contributed by atoms with E-state index in [-0.39, 0.29) is 41.5 Å². The lowest BCUT2D eigenvalue weighted by atomic mass is 10.0. The minimum Gasteiger partial charge on any atom is -0.493 e. The molecule has 0 amide bonds. The van der Waals surface area contributed by atoms with Crippen molar-refractivity contribution in [2.24, 2.45) is 0 Å². The van der Waals surface area contributed by atoms with Gasteiger partial charge in [0.25, 0.3) is 0 Å². The summed E-state index contributed by atoms with van der Waals surface area (Å²) in [4.78, 5) is 11.5. The fraction of sp³-hybridized carbons (Fsp3) is 0.444. The van der Waals surface area contributed by atoms with Crippen LogP contribution >= 0.6 is 0 Å². The number of methoxy groups -OCH3 is 3. The molecular weight excluding hydrogens is 500 g/mol. The molecule has 0 aromatic heterocycles. The highest BCUT2D eigenvalue weighted by molar-refractivity contribution is 7.94. The average Bonchev–Trinajstić information content (AvgIpc) is 3.40. The maximum Gasteiger partial charge on any atom is 0.203 e. The third-order valence-electron chi connectivity index (χ3n) is 5.90. The van der Waals surface area contributed by atoms with Crippen molar-refractivity contribution in [3.63, 3.8) is 0 Å². The van der Waals surface area contributed by atoms with Crippen molar-refractivity contribution in [3.8, 4) is 28.7 Å². The summed E-state index contributed by atoms with van der Waals surface area (Å²) < 4.78 is 60.0. The highest BCUT2D eigenvalue weighted by Crippen LogP contribution is 2.48. The number of carbonyl (C=O) groups is 1. The minimum atomic E-state index is -3.89. The molecule has 0 spiro atoms. The molecule has 0 radical (unpaired) electrons. The van der Waals surface area contributed by atoms with Gasteiger partial charge in [0.15, 0.2) is 28.8 Å². The monoisotopic (exact) mass is 534 g/mol. The average molecular weight is 535 g/mol. The molecule has 0 saturated carbocycles. The van der Waals surface area contributed by atoms with Gasteiger partial charge in [0.2, 0.25) is 15.6 Å². The molecule has 1 aliphatic rings. The maximum absolute atomic E-state index is 12.9. The molecule has 0 aliphatic carbocycles. The van der Waals surface area contributed by atoms with Crippen molar-refractivity contribution in [1.29, 1.82) is 0 Å². The van der Waals surface area contributed by atoms with E-state index < -0.39 is 15.9 Å². The third-order valence-corrected chi connectivity index (χ3v) is 7.26. The Labute approximate surface area is 218 Å². The molecule has 37 heavy (non-hydrogen) atoms. The molecule has 2 unspecified atom stereocenters. The van der Waals surface area contributed by atoms with Gasteiger partial charge in [-0.1, -0.05) is 13.5 Å². The summed E-state index contributed by atoms with van der Waals surface area (Å²) in [6.45, 7) is 6.80. The number of Topliss-reactive ketones (excluding diaryl/α,β-unsaturated/α-hetero) is 1. The first kappa shape index (κ1) is 28.3. The molecule has 0 N–H and O–H groups in total. The number of ether oxygens (including phenoxy) is 6. The highest BCUT2D eigenvalue weighted by Gasteiger charge is 2.32. The van der Waals surface area contributed by atoms with Crippen molar-refractivity contribution in [2.75, 3.05) is 34.5 Å². The molecule has 1 aliphatic heterocycles. The van der Waals surface area contributed by atoms with Gasteiger partial charge >= 0.3 is 0 Å². The topological polar surface area (TPSA) is 107 Å². The van der Waals surface area contributed by atoms with Gasteiger partial charge in [-0.25, -0.2) is 8.42 Å². The normalized spacial score (nSPS) is 17.2. The molecule has 202 valence electrons. The van der Waals surface area contributed by atoms with Crippen molar-refractivity contribution >= 4 is 15.6 Å². The summed E-state index contributed by atoms with van der Waals surface area (Å²) in [6.07, 6.45) is 1.23. The fourth-order valence-corrected chi connectivity index (χ4v) is 5.03. The molecule has 9 nitrogen and oxygen atoms in total. The van der Waals surface area contributed by atoms with Gasteiger partial charge in [0, 0.05) is 5.41 Å². The number of hydrogen-bond donors (Lipinski definition) is 0. The Hall–Kier alpha value is -3.24. The maximum atomic E-state index is 12.9. The van der Waals surface area contributed by atoms with Crippen LogP contribution in [0.5, 0.6) is 28.7 Å². The predicted molar refractivity (Wildman–Crippen MR) is 138 cm³/mol. The number of sulfone groups is 1. The Morgan fingerprint density at radius 1 is 0.946 bits per heavy atom. The van der Waals surface area contributed by atoms with E-state index in [2.05, 4.69) is 6.58 Å². The van der Waals surface area contributed by atoms with Crippen LogP contribution in [0.3, 0.4) is 0 Å². The number of ketones is 1. The second-order valence-electron chi connectivity index (χ2n) is 8.55. The zero-order chi connectivity index (χ0) is 27.2. The summed E-state index contributed by atoms with van der Waals surface area (Å²) in [7, 11) is 0.741. The van der Waals surface area contributed by atoms with Crippen LogP contribution in [0.4, 0.5) is 0 Å². The number of rotatable bonds is 13. The standard InChI is InChI=1S/C27H34O9S/c1-7-11-34-27-24(35-16-17(3)28)14-19(15-25(27)37(29,30)8-2)21-10-9-20(36-21)18-12-22(31-4)26(33-6)23(13-18)32-5/h8,12-15,20-21H,2,7,9-11,16H2,1,3-6H3. The summed E-state index contributed by atoms with van der Waals surface area (Å²) in [6, 6.07) is 6.89. The first-order chi connectivity index (χ1) is 17.7. The van der Waals surface area contributed by atoms with E-state index in [1.54, 1.807) is 20.3 Å². The number of hydrogen-bond acceptors (Lipinski definition) is 9. The Balaban J connectivity index is 2.02. The van der Waals surface area contributed by atoms with E-state index in [0.717, 1.165) is 11.0 Å². The lowest BCUT2D eigenvalue weighted by molar-refractivity contribution is -0.118. The van der Waals surface area contributed by atoms with Gasteiger partial charge in [-0.3, -0.25) is 4.79 Å². The van der Waals surface area contributed by atoms with Crippen molar-refractivity contribution < 1.29 is 41.6 Å². The van der Waals surface area contributed by atoms with E-state index >= 15 is 0 Å². The molecule has 1 heterocycles. The number of benzene rings is 2. The van der Waals surface area contributed by atoms with E-state index in [9.17, 15) is 13.2 Å². The van der Waals surface area contributed by atoms with Gasteiger partial charge in [-0.15, -0.1) is 0 Å². The largest absolute Gasteiger partial charge is 0.493 e. The first-order valence-electron chi connectivity index (χ1n) is 11.9. The van der Waals surface area contributed by atoms with Crippen LogP contribution in [-0.2, 0) is 19.4 Å². The lowest BCUT2D eigenvalue weighted by Gasteiger charge is -2.21. The molecule has 2 aromatic carbocycles. The van der Waals surface area contributed by atoms with Gasteiger partial charge in [0.05, 0.1) is 40.1 Å². The summed E-state index contributed by atoms with van der Waals surface area (Å²) in [5.41, 5.74) is 1.43. The van der Waals surface area contributed by atoms with Gasteiger partial charge < -0.3 is 28.4 Å². The van der Waals surface area contributed by atoms with Crippen LogP contribution in [0, 0.1) is 0 Å². The van der Waals surface area contributed by atoms with Crippen LogP contribution in [0.2, 0.25) is 0 Å². The summed E-state index contributed by atoms with van der Waals surface area (Å²) in [5, 5.41) is 0.869. The zero-order valence-corrected chi connectivity index (χ0v) is 22.7. The molecule has 10 heteroatoms. The molecule has 3 rings (SSSR count). The van der Waals surface area contributed by atoms with Crippen LogP contribution < -0.4 is 23.7 Å². The van der Waals surface area contributed by atoms with E-state index in [1.807, 2.05) is 19.1 Å². The van der Waals surface area contributed by atoms with E-state index in [4.69, 9.17) is 28.4 Å². The smallest absolute Gasteiger partial charge is 0.203 e. The van der Waals surface area contributed by atoms with Crippen molar-refractivity contribution in [1.82, 2.24) is 0 Å². The first-order valence-corrected chi connectivity index (χ1v) is 13.5. The van der Waals surface area contributed by atoms with E-state index in [1.165, 1.54) is 20.1 Å². The fourth-order valence-electron chi connectivity index (χ4n) is 4.13. The Morgan fingerprint density at radius 2 is 1.51 bits per heavy atom. The summed E-state index contributed by atoms with van der Waals surface area (Å²) in [5.74, 6) is 1.53. The molecule has 2 atom stereocenters. The minimum absolute atomic E-state index is 0.0610. The quantitative estimate of drug-likeness (QED) is 0.352. The number of carbonyl (C=O) groups excluding carboxylic acids is 1. The highest BCUT2D eigenvalue weighted by atomic mass is 32.2. The second-order valence-corrected chi connectivity index (χ2v) is 10.4. The Bertz CT molecular complexity index is 1210. The Morgan fingerprint density at radius 3 is 2.00 bits per heavy atom. The van der Waals surface area contributed by atoms with Crippen LogP contribution in [0.25, 0.3) is 0 Å². The molecular formula is C27H34O9S. The molecule has 2 aromatic rings. The lowest BCUT2D eigenvalue weighted by Crippen LogP contribution is -2.12. The SMILES string of the molecule is C=CS(=O)(=O)c1cc(C2CCC(c3cc(OC)c(OC)c(OC)c3)O2)cc(OCC(C)=O)c1OCCC. The Kier molecular flexibility index (Phi) is 9.45. The zero-order valence-electron chi connectivity index (χ0n) is 21.9. The van der Waals surface area contributed by atoms with E-state index in [0.29, 0.717) is 42.1 Å². The van der Waals surface area contributed by atoms with Crippen LogP contribution in [0.15, 0.2) is 41.1 Å². The van der Waals surface area contributed by atoms with Crippen LogP contribution in [0.1, 0.15) is 56.4 Å². The van der Waals surface area contributed by atoms with Gasteiger partial charge in [-0.05, 0) is 61.6 Å². The second kappa shape index (κ2) is 12.3. The molecule has 0 bridgehead atoms. The third kappa shape index (κ3) is 6.37. The van der Waals surface area contributed by atoms with Gasteiger partial charge in [0.1, 0.15) is 11.5 Å². The van der Waals surface area contributed by atoms with Crippen molar-refractivity contribution in [3.05, 3.63) is 47.4 Å². The molecule has 1 saturated heterocycles.